The van der Waals surface area contributed by atoms with Crippen molar-refractivity contribution in [3.63, 3.8) is 0 Å². The Hall–Kier alpha value is 0.0500. The lowest BCUT2D eigenvalue weighted by molar-refractivity contribution is 0.803. The third kappa shape index (κ3) is 1.94. The van der Waals surface area contributed by atoms with Gasteiger partial charge in [-0.2, -0.15) is 11.8 Å². The second kappa shape index (κ2) is 3.66. The van der Waals surface area contributed by atoms with Crippen molar-refractivity contribution in [2.75, 3.05) is 12.0 Å². The van der Waals surface area contributed by atoms with Crippen LogP contribution in [0, 0.1) is 0 Å². The largest absolute Gasteiger partial charge is 0.165 e. The summed E-state index contributed by atoms with van der Waals surface area (Å²) in [6.45, 7) is 0. The molecule has 0 amide bonds. The van der Waals surface area contributed by atoms with Gasteiger partial charge in [-0.25, -0.2) is 0 Å². The molecule has 2 rings (SSSR count). The number of rotatable bonds is 3. The number of benzene rings is 1. The summed E-state index contributed by atoms with van der Waals surface area (Å²) in [5.74, 6) is 1.27. The quantitative estimate of drug-likeness (QED) is 0.792. The van der Waals surface area contributed by atoms with Crippen molar-refractivity contribution in [2.45, 2.75) is 18.3 Å². The molecule has 0 aliphatic heterocycles. The molecule has 0 radical (unpaired) electrons. The fourth-order valence-electron chi connectivity index (χ4n) is 1.76. The fraction of sp³-hybridized carbons (Fsp3) is 0.455. The van der Waals surface area contributed by atoms with Gasteiger partial charge >= 0.3 is 0 Å². The Morgan fingerprint density at radius 3 is 2.77 bits per heavy atom. The number of hydrogen-bond donors (Lipinski definition) is 0. The molecule has 0 atom stereocenters. The molecule has 0 spiro atoms. The Bertz CT molecular complexity index is 305. The summed E-state index contributed by atoms with van der Waals surface area (Å²) in [7, 11) is 0. The predicted octanol–water partition coefficient (Wildman–Crippen LogP) is 3.84. The molecule has 1 saturated carbocycles. The highest BCUT2D eigenvalue weighted by molar-refractivity contribution is 9.10. The van der Waals surface area contributed by atoms with Crippen molar-refractivity contribution in [2.24, 2.45) is 0 Å². The van der Waals surface area contributed by atoms with Gasteiger partial charge in [0.05, 0.1) is 0 Å². The number of halogens is 1. The highest BCUT2D eigenvalue weighted by Gasteiger charge is 2.43. The summed E-state index contributed by atoms with van der Waals surface area (Å²) in [5, 5.41) is 0. The zero-order chi connectivity index (χ0) is 9.31. The standard InChI is InChI=1S/C11H13BrS/c1-13-8-11(5-6-11)9-3-2-4-10(12)7-9/h2-4,7H,5-6,8H2,1H3. The van der Waals surface area contributed by atoms with Crippen LogP contribution in [0.1, 0.15) is 18.4 Å². The van der Waals surface area contributed by atoms with Crippen LogP contribution in [0.4, 0.5) is 0 Å². The molecule has 0 saturated heterocycles. The summed E-state index contributed by atoms with van der Waals surface area (Å²) in [5.41, 5.74) is 2.03. The normalized spacial score (nSPS) is 18.6. The molecule has 0 nitrogen and oxygen atoms in total. The summed E-state index contributed by atoms with van der Waals surface area (Å²) in [4.78, 5) is 0. The minimum Gasteiger partial charge on any atom is -0.165 e. The van der Waals surface area contributed by atoms with E-state index in [-0.39, 0.29) is 0 Å². The average Bonchev–Trinajstić information content (AvgIpc) is 2.86. The van der Waals surface area contributed by atoms with E-state index in [1.165, 1.54) is 28.6 Å². The molecular formula is C11H13BrS. The SMILES string of the molecule is CSCC1(c2cccc(Br)c2)CC1. The van der Waals surface area contributed by atoms with Gasteiger partial charge in [-0.1, -0.05) is 28.1 Å². The molecular weight excluding hydrogens is 244 g/mol. The van der Waals surface area contributed by atoms with E-state index < -0.39 is 0 Å². The first-order valence-corrected chi connectivity index (χ1v) is 6.70. The maximum absolute atomic E-state index is 3.53. The van der Waals surface area contributed by atoms with Crippen LogP contribution in [0.15, 0.2) is 28.7 Å². The van der Waals surface area contributed by atoms with Crippen molar-refractivity contribution < 1.29 is 0 Å². The van der Waals surface area contributed by atoms with E-state index in [9.17, 15) is 0 Å². The van der Waals surface area contributed by atoms with E-state index in [1.807, 2.05) is 11.8 Å². The minimum atomic E-state index is 0.517. The monoisotopic (exact) mass is 256 g/mol. The van der Waals surface area contributed by atoms with Gasteiger partial charge in [-0.3, -0.25) is 0 Å². The van der Waals surface area contributed by atoms with E-state index in [0.29, 0.717) is 5.41 Å². The Labute approximate surface area is 92.2 Å². The first-order chi connectivity index (χ1) is 6.27. The van der Waals surface area contributed by atoms with Crippen LogP contribution in [0.25, 0.3) is 0 Å². The van der Waals surface area contributed by atoms with Gasteiger partial charge in [0.2, 0.25) is 0 Å². The molecule has 1 aromatic carbocycles. The highest BCUT2D eigenvalue weighted by Crippen LogP contribution is 2.50. The van der Waals surface area contributed by atoms with Crippen LogP contribution >= 0.6 is 27.7 Å². The minimum absolute atomic E-state index is 0.517. The van der Waals surface area contributed by atoms with Gasteiger partial charge in [0.1, 0.15) is 0 Å². The Morgan fingerprint density at radius 1 is 1.46 bits per heavy atom. The average molecular weight is 257 g/mol. The van der Waals surface area contributed by atoms with Gasteiger partial charge in [0.15, 0.2) is 0 Å². The van der Waals surface area contributed by atoms with E-state index in [0.717, 1.165) is 0 Å². The molecule has 1 aromatic rings. The van der Waals surface area contributed by atoms with E-state index in [1.54, 1.807) is 0 Å². The number of hydrogen-bond acceptors (Lipinski definition) is 1. The maximum Gasteiger partial charge on any atom is 0.0178 e. The Balaban J connectivity index is 2.25. The van der Waals surface area contributed by atoms with Gasteiger partial charge in [-0.15, -0.1) is 0 Å². The van der Waals surface area contributed by atoms with Crippen LogP contribution in [-0.4, -0.2) is 12.0 Å². The predicted molar refractivity (Wildman–Crippen MR) is 63.4 cm³/mol. The van der Waals surface area contributed by atoms with Gasteiger partial charge in [-0.05, 0) is 36.8 Å². The first-order valence-electron chi connectivity index (χ1n) is 4.52. The Morgan fingerprint density at radius 2 is 2.23 bits per heavy atom. The van der Waals surface area contributed by atoms with Crippen LogP contribution in [0.5, 0.6) is 0 Å². The summed E-state index contributed by atoms with van der Waals surface area (Å²) in [6.07, 6.45) is 4.92. The first kappa shape index (κ1) is 9.60. The smallest absolute Gasteiger partial charge is 0.0178 e. The second-order valence-corrected chi connectivity index (χ2v) is 5.51. The molecule has 70 valence electrons. The van der Waals surface area contributed by atoms with Gasteiger partial charge in [0, 0.05) is 15.6 Å². The molecule has 1 fully saturated rings. The van der Waals surface area contributed by atoms with E-state index in [2.05, 4.69) is 46.5 Å². The molecule has 0 N–H and O–H groups in total. The number of thioether (sulfide) groups is 1. The van der Waals surface area contributed by atoms with Crippen LogP contribution in [-0.2, 0) is 5.41 Å². The lowest BCUT2D eigenvalue weighted by atomic mass is 9.98. The van der Waals surface area contributed by atoms with E-state index in [4.69, 9.17) is 0 Å². The summed E-state index contributed by atoms with van der Waals surface area (Å²) >= 11 is 5.48. The van der Waals surface area contributed by atoms with Crippen LogP contribution in [0.2, 0.25) is 0 Å². The maximum atomic E-state index is 3.53. The summed E-state index contributed by atoms with van der Waals surface area (Å²) in [6, 6.07) is 8.76. The zero-order valence-corrected chi connectivity index (χ0v) is 10.1. The fourth-order valence-corrected chi connectivity index (χ4v) is 3.17. The second-order valence-electron chi connectivity index (χ2n) is 3.72. The molecule has 0 heterocycles. The molecule has 2 heteroatoms. The molecule has 0 unspecified atom stereocenters. The molecule has 13 heavy (non-hydrogen) atoms. The third-order valence-electron chi connectivity index (χ3n) is 2.71. The molecule has 1 aliphatic rings. The highest BCUT2D eigenvalue weighted by atomic mass is 79.9. The Kier molecular flexibility index (Phi) is 2.70. The van der Waals surface area contributed by atoms with Crippen LogP contribution in [0.3, 0.4) is 0 Å². The topological polar surface area (TPSA) is 0 Å². The lowest BCUT2D eigenvalue weighted by Crippen LogP contribution is -2.09. The molecule has 1 aliphatic carbocycles. The molecule has 0 bridgehead atoms. The third-order valence-corrected chi connectivity index (χ3v) is 4.05. The summed E-state index contributed by atoms with van der Waals surface area (Å²) < 4.78 is 1.21. The van der Waals surface area contributed by atoms with Crippen LogP contribution < -0.4 is 0 Å². The zero-order valence-electron chi connectivity index (χ0n) is 7.72. The van der Waals surface area contributed by atoms with Gasteiger partial charge < -0.3 is 0 Å². The van der Waals surface area contributed by atoms with Crippen molar-refractivity contribution in [3.05, 3.63) is 34.3 Å². The van der Waals surface area contributed by atoms with Crippen molar-refractivity contribution in [1.82, 2.24) is 0 Å². The van der Waals surface area contributed by atoms with Crippen molar-refractivity contribution in [1.29, 1.82) is 0 Å². The van der Waals surface area contributed by atoms with Crippen molar-refractivity contribution in [3.8, 4) is 0 Å². The van der Waals surface area contributed by atoms with E-state index >= 15 is 0 Å². The lowest BCUT2D eigenvalue weighted by Gasteiger charge is -2.13. The molecule has 0 aromatic heterocycles. The van der Waals surface area contributed by atoms with Crippen molar-refractivity contribution >= 4 is 27.7 Å². The van der Waals surface area contributed by atoms with Gasteiger partial charge in [0.25, 0.3) is 0 Å².